The first kappa shape index (κ1) is 21.5. The largest absolute Gasteiger partial charge is 0.495 e. The molecule has 1 aliphatic rings. The zero-order valence-electron chi connectivity index (χ0n) is 17.6. The summed E-state index contributed by atoms with van der Waals surface area (Å²) in [6.45, 7) is 4.19. The Labute approximate surface area is 178 Å². The fourth-order valence-electron chi connectivity index (χ4n) is 3.84. The smallest absolute Gasteiger partial charge is 0.282 e. The van der Waals surface area contributed by atoms with Gasteiger partial charge in [0.25, 0.3) is 5.91 Å². The Morgan fingerprint density at radius 1 is 1.07 bits per heavy atom. The van der Waals surface area contributed by atoms with E-state index in [1.807, 2.05) is 42.5 Å². The minimum atomic E-state index is 0.00971. The third-order valence-electron chi connectivity index (χ3n) is 5.42. The van der Waals surface area contributed by atoms with E-state index in [1.165, 1.54) is 4.90 Å². The van der Waals surface area contributed by atoms with Gasteiger partial charge in [0.15, 0.2) is 6.54 Å². The second kappa shape index (κ2) is 10.5. The molecule has 0 unspecified atom stereocenters. The number of hydrogen-bond acceptors (Lipinski definition) is 5. The van der Waals surface area contributed by atoms with Gasteiger partial charge in [-0.25, -0.2) is 0 Å². The highest BCUT2D eigenvalue weighted by Gasteiger charge is 2.27. The summed E-state index contributed by atoms with van der Waals surface area (Å²) in [5, 5.41) is 9.03. The monoisotopic (exact) mass is 409 g/mol. The number of carbonyl (C=O) groups is 1. The highest BCUT2D eigenvalue weighted by Crippen LogP contribution is 2.28. The van der Waals surface area contributed by atoms with E-state index >= 15 is 0 Å². The molecule has 0 atom stereocenters. The van der Waals surface area contributed by atoms with Gasteiger partial charge in [0, 0.05) is 6.54 Å². The second-order valence-corrected chi connectivity index (χ2v) is 7.21. The van der Waals surface area contributed by atoms with E-state index in [0.717, 1.165) is 37.6 Å². The topological polar surface area (TPSA) is 70.2 Å². The highest BCUT2D eigenvalue weighted by atomic mass is 16.5. The number of anilines is 2. The van der Waals surface area contributed by atoms with Crippen molar-refractivity contribution >= 4 is 17.3 Å². The molecule has 1 heterocycles. The molecule has 0 spiro atoms. The molecule has 158 valence electrons. The van der Waals surface area contributed by atoms with Crippen molar-refractivity contribution in [2.75, 3.05) is 63.3 Å². The summed E-state index contributed by atoms with van der Waals surface area (Å²) in [4.78, 5) is 18.4. The first-order chi connectivity index (χ1) is 14.7. The maximum Gasteiger partial charge on any atom is 0.282 e. The zero-order valence-corrected chi connectivity index (χ0v) is 17.6. The standard InChI is InChI=1S/C23H28N4O3/c1-29-21-10-5-3-8-19(21)26-16-14-25(15-17-26)18-23(28)27(13-7-12-24)20-9-4-6-11-22(20)30-2/h3-6,8-11H,7,13-18H2,1-2H3/p+1. The molecule has 1 amide bonds. The highest BCUT2D eigenvalue weighted by molar-refractivity contribution is 5.95. The number of amides is 1. The normalized spacial score (nSPS) is 14.1. The van der Waals surface area contributed by atoms with Gasteiger partial charge < -0.3 is 24.2 Å². The number of carbonyl (C=O) groups excluding carboxylic acids is 1. The molecule has 0 aliphatic carbocycles. The first-order valence-electron chi connectivity index (χ1n) is 10.2. The fraction of sp³-hybridized carbons (Fsp3) is 0.391. The summed E-state index contributed by atoms with van der Waals surface area (Å²) in [5.41, 5.74) is 1.81. The lowest BCUT2D eigenvalue weighted by molar-refractivity contribution is -0.892. The average molecular weight is 410 g/mol. The number of nitrogens with zero attached hydrogens (tertiary/aromatic N) is 3. The molecule has 2 aromatic rings. The first-order valence-corrected chi connectivity index (χ1v) is 10.2. The number of ether oxygens (including phenoxy) is 2. The molecule has 1 N–H and O–H groups in total. The van der Waals surface area contributed by atoms with Gasteiger partial charge in [-0.05, 0) is 24.3 Å². The quantitative estimate of drug-likeness (QED) is 0.713. The molecule has 30 heavy (non-hydrogen) atoms. The molecule has 0 bridgehead atoms. The van der Waals surface area contributed by atoms with Gasteiger partial charge in [0.2, 0.25) is 0 Å². The molecular formula is C23H29N4O3+. The molecule has 7 nitrogen and oxygen atoms in total. The van der Waals surface area contributed by atoms with Crippen LogP contribution in [0.3, 0.4) is 0 Å². The van der Waals surface area contributed by atoms with Crippen LogP contribution in [0.5, 0.6) is 11.5 Å². The molecule has 0 radical (unpaired) electrons. The Hall–Kier alpha value is -3.24. The predicted octanol–water partition coefficient (Wildman–Crippen LogP) is 1.36. The maximum absolute atomic E-state index is 13.1. The molecular weight excluding hydrogens is 380 g/mol. The number of nitrogens with one attached hydrogen (secondary N) is 1. The maximum atomic E-state index is 13.1. The van der Waals surface area contributed by atoms with Crippen molar-refractivity contribution in [3.63, 3.8) is 0 Å². The SMILES string of the molecule is COc1ccccc1N1CC[NH+](CC(=O)N(CCC#N)c2ccccc2OC)CC1. The van der Waals surface area contributed by atoms with Crippen molar-refractivity contribution in [1.82, 2.24) is 0 Å². The third kappa shape index (κ3) is 5.02. The van der Waals surface area contributed by atoms with Crippen LogP contribution in [0.25, 0.3) is 0 Å². The summed E-state index contributed by atoms with van der Waals surface area (Å²) < 4.78 is 10.9. The predicted molar refractivity (Wildman–Crippen MR) is 116 cm³/mol. The van der Waals surface area contributed by atoms with Gasteiger partial charge in [0.05, 0.1) is 64.3 Å². The summed E-state index contributed by atoms with van der Waals surface area (Å²) in [5.74, 6) is 1.52. The lowest BCUT2D eigenvalue weighted by Gasteiger charge is -2.35. The Bertz CT molecular complexity index is 888. The number of piperazine rings is 1. The molecule has 1 fully saturated rings. The van der Waals surface area contributed by atoms with E-state index < -0.39 is 0 Å². The Morgan fingerprint density at radius 3 is 2.37 bits per heavy atom. The number of methoxy groups -OCH3 is 2. The van der Waals surface area contributed by atoms with Crippen LogP contribution in [0.1, 0.15) is 6.42 Å². The van der Waals surface area contributed by atoms with Crippen LogP contribution in [0.4, 0.5) is 11.4 Å². The van der Waals surface area contributed by atoms with Gasteiger partial charge in [-0.1, -0.05) is 24.3 Å². The van der Waals surface area contributed by atoms with Gasteiger partial charge in [-0.15, -0.1) is 0 Å². The fourth-order valence-corrected chi connectivity index (χ4v) is 3.84. The second-order valence-electron chi connectivity index (χ2n) is 7.21. The summed E-state index contributed by atoms with van der Waals surface area (Å²) in [6, 6.07) is 17.6. The van der Waals surface area contributed by atoms with Crippen molar-refractivity contribution in [3.05, 3.63) is 48.5 Å². The molecule has 0 aromatic heterocycles. The summed E-state index contributed by atoms with van der Waals surface area (Å²) in [6.07, 6.45) is 0.278. The minimum absolute atomic E-state index is 0.00971. The molecule has 1 saturated heterocycles. The number of quaternary nitrogens is 1. The number of hydrogen-bond donors (Lipinski definition) is 1. The Balaban J connectivity index is 1.65. The minimum Gasteiger partial charge on any atom is -0.495 e. The third-order valence-corrected chi connectivity index (χ3v) is 5.42. The summed E-state index contributed by atoms with van der Waals surface area (Å²) >= 11 is 0. The van der Waals surface area contributed by atoms with Crippen LogP contribution in [-0.2, 0) is 4.79 Å². The molecule has 2 aromatic carbocycles. The molecule has 3 rings (SSSR count). The van der Waals surface area contributed by atoms with Crippen LogP contribution < -0.4 is 24.2 Å². The lowest BCUT2D eigenvalue weighted by atomic mass is 10.2. The lowest BCUT2D eigenvalue weighted by Crippen LogP contribution is -3.16. The van der Waals surface area contributed by atoms with E-state index in [0.29, 0.717) is 24.5 Å². The van der Waals surface area contributed by atoms with E-state index in [-0.39, 0.29) is 12.3 Å². The van der Waals surface area contributed by atoms with E-state index in [4.69, 9.17) is 14.7 Å². The van der Waals surface area contributed by atoms with Crippen molar-refractivity contribution in [2.45, 2.75) is 6.42 Å². The van der Waals surface area contributed by atoms with Crippen LogP contribution in [-0.4, -0.2) is 59.4 Å². The van der Waals surface area contributed by atoms with Crippen molar-refractivity contribution in [1.29, 1.82) is 5.26 Å². The van der Waals surface area contributed by atoms with Crippen LogP contribution in [0.2, 0.25) is 0 Å². The Kier molecular flexibility index (Phi) is 7.52. The molecule has 1 aliphatic heterocycles. The van der Waals surface area contributed by atoms with E-state index in [2.05, 4.69) is 17.0 Å². The van der Waals surface area contributed by atoms with Gasteiger partial charge in [-0.3, -0.25) is 4.79 Å². The summed E-state index contributed by atoms with van der Waals surface area (Å²) in [7, 11) is 3.28. The van der Waals surface area contributed by atoms with E-state index in [1.54, 1.807) is 19.1 Å². The number of rotatable bonds is 8. The van der Waals surface area contributed by atoms with Crippen LogP contribution in [0, 0.1) is 11.3 Å². The molecule has 7 heteroatoms. The van der Waals surface area contributed by atoms with Gasteiger partial charge in [-0.2, -0.15) is 5.26 Å². The van der Waals surface area contributed by atoms with E-state index in [9.17, 15) is 4.79 Å². The van der Waals surface area contributed by atoms with Crippen molar-refractivity contribution in [2.24, 2.45) is 0 Å². The van der Waals surface area contributed by atoms with Crippen LogP contribution >= 0.6 is 0 Å². The Morgan fingerprint density at radius 2 is 1.70 bits per heavy atom. The van der Waals surface area contributed by atoms with Crippen LogP contribution in [0.15, 0.2) is 48.5 Å². The number of benzene rings is 2. The zero-order chi connectivity index (χ0) is 21.3. The van der Waals surface area contributed by atoms with Gasteiger partial charge >= 0.3 is 0 Å². The number of para-hydroxylation sites is 4. The van der Waals surface area contributed by atoms with Gasteiger partial charge in [0.1, 0.15) is 11.5 Å². The molecule has 0 saturated carbocycles. The average Bonchev–Trinajstić information content (AvgIpc) is 2.80. The number of nitriles is 1. The van der Waals surface area contributed by atoms with Crippen molar-refractivity contribution in [3.8, 4) is 17.6 Å². The van der Waals surface area contributed by atoms with Crippen molar-refractivity contribution < 1.29 is 19.2 Å².